The minimum absolute atomic E-state index is 0.150. The first-order chi connectivity index (χ1) is 15.7. The molecule has 7 nitrogen and oxygen atoms in total. The Kier molecular flexibility index (Phi) is 3.97. The monoisotopic (exact) mass is 422 g/mol. The minimum Gasteiger partial charge on any atom is -0.508 e. The molecule has 6 aromatic rings. The third-order valence-electron chi connectivity index (χ3n) is 5.36. The fourth-order valence-corrected chi connectivity index (χ4v) is 3.92. The summed E-state index contributed by atoms with van der Waals surface area (Å²) in [5, 5.41) is 19.0. The molecule has 154 valence electrons. The third-order valence-corrected chi connectivity index (χ3v) is 5.36. The van der Waals surface area contributed by atoms with Gasteiger partial charge in [-0.25, -0.2) is 4.39 Å². The van der Waals surface area contributed by atoms with Crippen molar-refractivity contribution in [2.45, 2.75) is 0 Å². The van der Waals surface area contributed by atoms with Gasteiger partial charge >= 0.3 is 0 Å². The number of nitrogens with zero attached hydrogens (tertiary/aromatic N) is 4. The Morgan fingerprint density at radius 2 is 1.72 bits per heavy atom. The van der Waals surface area contributed by atoms with Crippen molar-refractivity contribution in [1.29, 1.82) is 0 Å². The lowest BCUT2D eigenvalue weighted by Gasteiger charge is -2.03. The van der Waals surface area contributed by atoms with Crippen LogP contribution in [0.2, 0.25) is 0 Å². The van der Waals surface area contributed by atoms with E-state index in [1.54, 1.807) is 24.8 Å². The summed E-state index contributed by atoms with van der Waals surface area (Å²) in [5.74, 6) is -0.674. The Morgan fingerprint density at radius 3 is 2.56 bits per heavy atom. The first-order valence-corrected chi connectivity index (χ1v) is 9.88. The van der Waals surface area contributed by atoms with Gasteiger partial charge in [-0.05, 0) is 42.5 Å². The van der Waals surface area contributed by atoms with Crippen LogP contribution in [0.15, 0.2) is 73.3 Å². The molecule has 5 aromatic heterocycles. The molecule has 6 rings (SSSR count). The Hall–Kier alpha value is -4.59. The van der Waals surface area contributed by atoms with Gasteiger partial charge in [0.25, 0.3) is 0 Å². The van der Waals surface area contributed by atoms with Crippen LogP contribution in [0.5, 0.6) is 5.75 Å². The molecule has 0 atom stereocenters. The highest BCUT2D eigenvalue weighted by Gasteiger charge is 2.16. The smallest absolute Gasteiger partial charge is 0.127 e. The minimum atomic E-state index is -0.525. The zero-order valence-electron chi connectivity index (χ0n) is 16.5. The normalized spacial score (nSPS) is 11.4. The van der Waals surface area contributed by atoms with E-state index in [-0.39, 0.29) is 5.75 Å². The summed E-state index contributed by atoms with van der Waals surface area (Å²) >= 11 is 0. The number of rotatable bonds is 3. The van der Waals surface area contributed by atoms with Gasteiger partial charge in [0, 0.05) is 52.1 Å². The summed E-state index contributed by atoms with van der Waals surface area (Å²) in [5.41, 5.74) is 5.91. The summed E-state index contributed by atoms with van der Waals surface area (Å²) in [7, 11) is 0. The molecule has 0 saturated carbocycles. The van der Waals surface area contributed by atoms with E-state index < -0.39 is 5.82 Å². The lowest BCUT2D eigenvalue weighted by molar-refractivity contribution is 0.469. The van der Waals surface area contributed by atoms with Crippen LogP contribution in [0.3, 0.4) is 0 Å². The molecule has 0 aliphatic rings. The average molecular weight is 422 g/mol. The number of fused-ring (bicyclic) bond motifs is 2. The summed E-state index contributed by atoms with van der Waals surface area (Å²) in [6.45, 7) is 0. The van der Waals surface area contributed by atoms with Crippen LogP contribution in [0, 0.1) is 5.82 Å². The molecule has 0 fully saturated rings. The second-order valence-electron chi connectivity index (χ2n) is 7.43. The van der Waals surface area contributed by atoms with Crippen molar-refractivity contribution in [1.82, 2.24) is 30.1 Å². The first kappa shape index (κ1) is 18.2. The molecular formula is C24H15FN6O. The number of halogens is 1. The lowest BCUT2D eigenvalue weighted by atomic mass is 10.1. The number of phenolic OH excluding ortho intramolecular Hbond substituents is 1. The van der Waals surface area contributed by atoms with Crippen LogP contribution in [0.1, 0.15) is 0 Å². The number of hydrogen-bond acceptors (Lipinski definition) is 5. The largest absolute Gasteiger partial charge is 0.508 e. The highest BCUT2D eigenvalue weighted by molar-refractivity contribution is 6.00. The van der Waals surface area contributed by atoms with Crippen molar-refractivity contribution in [3.8, 4) is 39.7 Å². The highest BCUT2D eigenvalue weighted by Crippen LogP contribution is 2.34. The predicted octanol–water partition coefficient (Wildman–Crippen LogP) is 5.07. The van der Waals surface area contributed by atoms with E-state index in [0.717, 1.165) is 50.5 Å². The fourth-order valence-electron chi connectivity index (χ4n) is 3.92. The van der Waals surface area contributed by atoms with Crippen molar-refractivity contribution in [3.05, 3.63) is 79.1 Å². The molecule has 0 unspecified atom stereocenters. The van der Waals surface area contributed by atoms with Crippen molar-refractivity contribution >= 4 is 21.8 Å². The SMILES string of the molecule is Oc1cc(F)cc(-c2nccc3[nH]c(-c4n[nH]c5cnc(-c6cccnc6)cc45)cc23)c1. The number of phenols is 1. The van der Waals surface area contributed by atoms with Gasteiger partial charge in [-0.3, -0.25) is 20.1 Å². The number of aromatic amines is 2. The maximum Gasteiger partial charge on any atom is 0.127 e. The summed E-state index contributed by atoms with van der Waals surface area (Å²) in [4.78, 5) is 16.5. The number of pyridine rings is 3. The molecule has 0 aliphatic carbocycles. The van der Waals surface area contributed by atoms with Gasteiger partial charge in [0.2, 0.25) is 0 Å². The second kappa shape index (κ2) is 6.98. The van der Waals surface area contributed by atoms with Gasteiger partial charge in [0.1, 0.15) is 17.3 Å². The molecule has 0 amide bonds. The van der Waals surface area contributed by atoms with E-state index in [9.17, 15) is 9.50 Å². The zero-order chi connectivity index (χ0) is 21.7. The van der Waals surface area contributed by atoms with E-state index in [0.29, 0.717) is 11.3 Å². The number of aromatic hydroxyl groups is 1. The number of nitrogens with one attached hydrogen (secondary N) is 2. The van der Waals surface area contributed by atoms with E-state index in [2.05, 4.69) is 30.1 Å². The van der Waals surface area contributed by atoms with Gasteiger partial charge < -0.3 is 10.1 Å². The molecule has 0 radical (unpaired) electrons. The Labute approximate surface area is 180 Å². The zero-order valence-corrected chi connectivity index (χ0v) is 16.5. The Morgan fingerprint density at radius 1 is 0.812 bits per heavy atom. The number of aromatic nitrogens is 6. The van der Waals surface area contributed by atoms with Crippen molar-refractivity contribution in [2.75, 3.05) is 0 Å². The second-order valence-corrected chi connectivity index (χ2v) is 7.43. The molecular weight excluding hydrogens is 407 g/mol. The van der Waals surface area contributed by atoms with Gasteiger partial charge in [-0.15, -0.1) is 0 Å². The van der Waals surface area contributed by atoms with Crippen LogP contribution < -0.4 is 0 Å². The molecule has 8 heteroatoms. The molecule has 0 spiro atoms. The average Bonchev–Trinajstić information content (AvgIpc) is 3.42. The van der Waals surface area contributed by atoms with E-state index in [1.807, 2.05) is 30.3 Å². The molecule has 3 N–H and O–H groups in total. The number of H-pyrrole nitrogens is 2. The molecule has 0 aliphatic heterocycles. The van der Waals surface area contributed by atoms with Gasteiger partial charge in [0.05, 0.1) is 28.8 Å². The van der Waals surface area contributed by atoms with Crippen molar-refractivity contribution in [2.24, 2.45) is 0 Å². The molecule has 0 bridgehead atoms. The Bertz CT molecular complexity index is 1590. The maximum absolute atomic E-state index is 13.9. The van der Waals surface area contributed by atoms with Crippen LogP contribution in [-0.2, 0) is 0 Å². The van der Waals surface area contributed by atoms with E-state index in [4.69, 9.17) is 0 Å². The van der Waals surface area contributed by atoms with Crippen molar-refractivity contribution < 1.29 is 9.50 Å². The molecule has 0 saturated heterocycles. The molecule has 1 aromatic carbocycles. The predicted molar refractivity (Wildman–Crippen MR) is 119 cm³/mol. The van der Waals surface area contributed by atoms with E-state index >= 15 is 0 Å². The lowest BCUT2D eigenvalue weighted by Crippen LogP contribution is -1.85. The highest BCUT2D eigenvalue weighted by atomic mass is 19.1. The topological polar surface area (TPSA) is 103 Å². The molecule has 5 heterocycles. The summed E-state index contributed by atoms with van der Waals surface area (Å²) < 4.78 is 13.9. The number of hydrogen-bond donors (Lipinski definition) is 3. The van der Waals surface area contributed by atoms with Crippen molar-refractivity contribution in [3.63, 3.8) is 0 Å². The molecule has 32 heavy (non-hydrogen) atoms. The van der Waals surface area contributed by atoms with Crippen LogP contribution in [0.4, 0.5) is 4.39 Å². The standard InChI is InChI=1S/C24H15FN6O/c25-15-6-14(7-16(32)8-15)23-17-10-21(29-19(17)3-5-27-23)24-18-9-20(13-2-1-4-26-11-13)28-12-22(18)30-31-24/h1-12,29,32H,(H,30,31). The maximum atomic E-state index is 13.9. The number of benzene rings is 1. The van der Waals surface area contributed by atoms with Gasteiger partial charge in [0.15, 0.2) is 0 Å². The Balaban J connectivity index is 1.52. The first-order valence-electron chi connectivity index (χ1n) is 9.88. The van der Waals surface area contributed by atoms with Gasteiger partial charge in [-0.1, -0.05) is 0 Å². The van der Waals surface area contributed by atoms with Crippen LogP contribution in [0.25, 0.3) is 55.7 Å². The third kappa shape index (κ3) is 2.97. The van der Waals surface area contributed by atoms with Crippen LogP contribution in [-0.4, -0.2) is 35.2 Å². The van der Waals surface area contributed by atoms with E-state index in [1.165, 1.54) is 12.1 Å². The summed E-state index contributed by atoms with van der Waals surface area (Å²) in [6, 6.07) is 13.5. The summed E-state index contributed by atoms with van der Waals surface area (Å²) in [6.07, 6.45) is 6.88. The van der Waals surface area contributed by atoms with Gasteiger partial charge in [-0.2, -0.15) is 5.10 Å². The quantitative estimate of drug-likeness (QED) is 0.369. The fraction of sp³-hybridized carbons (Fsp3) is 0. The van der Waals surface area contributed by atoms with Crippen LogP contribution >= 0.6 is 0 Å².